The molecule has 1 unspecified atom stereocenters. The Hall–Kier alpha value is -1.20. The van der Waals surface area contributed by atoms with Crippen LogP contribution in [-0.4, -0.2) is 60.3 Å². The Morgan fingerprint density at radius 2 is 2.05 bits per heavy atom. The fourth-order valence-corrected chi connectivity index (χ4v) is 3.22. The van der Waals surface area contributed by atoms with Crippen LogP contribution >= 0.6 is 0 Å². The normalized spacial score (nSPS) is 23.7. The Bertz CT molecular complexity index is 448. The molecule has 2 aliphatic heterocycles. The molecule has 3 heterocycles. The highest BCUT2D eigenvalue weighted by Crippen LogP contribution is 2.20. The first-order valence-electron chi connectivity index (χ1n) is 8.19. The van der Waals surface area contributed by atoms with E-state index in [1.54, 1.807) is 6.33 Å². The van der Waals surface area contributed by atoms with Gasteiger partial charge in [-0.25, -0.2) is 9.97 Å². The second kappa shape index (κ2) is 7.18. The fourth-order valence-electron chi connectivity index (χ4n) is 3.22. The fraction of sp³-hybridized carbons (Fsp3) is 0.750. The van der Waals surface area contributed by atoms with Crippen LogP contribution in [0.3, 0.4) is 0 Å². The molecule has 0 N–H and O–H groups in total. The summed E-state index contributed by atoms with van der Waals surface area (Å²) in [7, 11) is 0. The van der Waals surface area contributed by atoms with Crippen molar-refractivity contribution in [3.63, 3.8) is 0 Å². The van der Waals surface area contributed by atoms with Crippen molar-refractivity contribution >= 4 is 5.82 Å². The van der Waals surface area contributed by atoms with E-state index < -0.39 is 0 Å². The maximum atomic E-state index is 6.06. The summed E-state index contributed by atoms with van der Waals surface area (Å²) in [5.41, 5.74) is 1.02. The Kier molecular flexibility index (Phi) is 5.04. The molecular weight excluding hydrogens is 264 g/mol. The maximum Gasteiger partial charge on any atom is 0.132 e. The van der Waals surface area contributed by atoms with Gasteiger partial charge in [-0.05, 0) is 39.3 Å². The third kappa shape index (κ3) is 4.14. The molecule has 1 aromatic rings. The minimum absolute atomic E-state index is 0.352. The van der Waals surface area contributed by atoms with E-state index in [4.69, 9.17) is 4.74 Å². The molecule has 1 aromatic heterocycles. The first kappa shape index (κ1) is 14.7. The summed E-state index contributed by atoms with van der Waals surface area (Å²) in [6.07, 6.45) is 7.20. The molecule has 0 amide bonds. The zero-order chi connectivity index (χ0) is 14.5. The number of ether oxygens (including phenoxy) is 1. The van der Waals surface area contributed by atoms with E-state index in [1.165, 1.54) is 32.4 Å². The highest BCUT2D eigenvalue weighted by atomic mass is 16.5. The summed E-state index contributed by atoms with van der Waals surface area (Å²) < 4.78 is 6.06. The molecule has 5 heteroatoms. The molecule has 5 nitrogen and oxygen atoms in total. The summed E-state index contributed by atoms with van der Waals surface area (Å²) >= 11 is 0. The Balaban J connectivity index is 1.40. The maximum absolute atomic E-state index is 6.06. The van der Waals surface area contributed by atoms with E-state index in [0.29, 0.717) is 6.10 Å². The van der Waals surface area contributed by atoms with Crippen LogP contribution in [0.5, 0.6) is 0 Å². The molecule has 2 saturated heterocycles. The second-order valence-electron chi connectivity index (χ2n) is 6.15. The quantitative estimate of drug-likeness (QED) is 0.828. The van der Waals surface area contributed by atoms with Gasteiger partial charge in [0, 0.05) is 31.4 Å². The second-order valence-corrected chi connectivity index (χ2v) is 6.15. The van der Waals surface area contributed by atoms with Gasteiger partial charge in [0.25, 0.3) is 0 Å². The first-order valence-corrected chi connectivity index (χ1v) is 8.19. The van der Waals surface area contributed by atoms with Crippen LogP contribution in [0, 0.1) is 6.92 Å². The number of aryl methyl sites for hydroxylation is 1. The topological polar surface area (TPSA) is 41.5 Å². The van der Waals surface area contributed by atoms with Crippen LogP contribution in [0.25, 0.3) is 0 Å². The standard InChI is InChI=1S/C16H26N4O/c1-14-11-16(18-13-17-14)20-8-5-15(12-20)21-10-9-19-6-3-2-4-7-19/h11,13,15H,2-10,12H2,1H3. The molecule has 0 radical (unpaired) electrons. The van der Waals surface area contributed by atoms with Crippen molar-refractivity contribution in [1.82, 2.24) is 14.9 Å². The molecule has 0 bridgehead atoms. The van der Waals surface area contributed by atoms with E-state index in [0.717, 1.165) is 44.2 Å². The lowest BCUT2D eigenvalue weighted by Crippen LogP contribution is -2.34. The lowest BCUT2D eigenvalue weighted by atomic mass is 10.1. The molecular formula is C16H26N4O. The van der Waals surface area contributed by atoms with Crippen LogP contribution in [0.2, 0.25) is 0 Å². The number of hydrogen-bond donors (Lipinski definition) is 0. The van der Waals surface area contributed by atoms with Crippen LogP contribution in [0.4, 0.5) is 5.82 Å². The van der Waals surface area contributed by atoms with E-state index >= 15 is 0 Å². The summed E-state index contributed by atoms with van der Waals surface area (Å²) in [5.74, 6) is 1.03. The van der Waals surface area contributed by atoms with Gasteiger partial charge in [-0.2, -0.15) is 0 Å². The van der Waals surface area contributed by atoms with E-state index in [1.807, 2.05) is 6.92 Å². The average Bonchev–Trinajstić information content (AvgIpc) is 2.97. The van der Waals surface area contributed by atoms with Gasteiger partial charge in [0.1, 0.15) is 12.1 Å². The number of anilines is 1. The van der Waals surface area contributed by atoms with Crippen molar-refractivity contribution in [1.29, 1.82) is 0 Å². The van der Waals surface area contributed by atoms with E-state index in [-0.39, 0.29) is 0 Å². The van der Waals surface area contributed by atoms with Gasteiger partial charge < -0.3 is 14.5 Å². The molecule has 0 aromatic carbocycles. The third-order valence-corrected chi connectivity index (χ3v) is 4.47. The Morgan fingerprint density at radius 1 is 1.19 bits per heavy atom. The smallest absolute Gasteiger partial charge is 0.132 e. The Labute approximate surface area is 127 Å². The molecule has 2 fully saturated rings. The Morgan fingerprint density at radius 3 is 2.86 bits per heavy atom. The molecule has 0 spiro atoms. The van der Waals surface area contributed by atoms with Crippen molar-refractivity contribution in [2.45, 2.75) is 38.7 Å². The predicted molar refractivity (Wildman–Crippen MR) is 83.6 cm³/mol. The minimum atomic E-state index is 0.352. The number of aromatic nitrogens is 2. The number of nitrogens with zero attached hydrogens (tertiary/aromatic N) is 4. The first-order chi connectivity index (χ1) is 10.3. The van der Waals surface area contributed by atoms with Crippen molar-refractivity contribution < 1.29 is 4.74 Å². The van der Waals surface area contributed by atoms with Crippen LogP contribution in [0.15, 0.2) is 12.4 Å². The molecule has 3 rings (SSSR count). The monoisotopic (exact) mass is 290 g/mol. The van der Waals surface area contributed by atoms with Crippen molar-refractivity contribution in [3.8, 4) is 0 Å². The van der Waals surface area contributed by atoms with Gasteiger partial charge in [0.05, 0.1) is 12.7 Å². The molecule has 116 valence electrons. The van der Waals surface area contributed by atoms with E-state index in [2.05, 4.69) is 25.8 Å². The van der Waals surface area contributed by atoms with Gasteiger partial charge in [0.15, 0.2) is 0 Å². The average molecular weight is 290 g/mol. The number of likely N-dealkylation sites (tertiary alicyclic amines) is 1. The SMILES string of the molecule is Cc1cc(N2CCC(OCCN3CCCCC3)C2)ncn1. The summed E-state index contributed by atoms with van der Waals surface area (Å²) in [4.78, 5) is 13.4. The van der Waals surface area contributed by atoms with Crippen molar-refractivity contribution in [3.05, 3.63) is 18.1 Å². The molecule has 21 heavy (non-hydrogen) atoms. The molecule has 1 atom stereocenters. The van der Waals surface area contributed by atoms with Crippen LogP contribution in [0.1, 0.15) is 31.4 Å². The van der Waals surface area contributed by atoms with E-state index in [9.17, 15) is 0 Å². The number of hydrogen-bond acceptors (Lipinski definition) is 5. The lowest BCUT2D eigenvalue weighted by Gasteiger charge is -2.26. The highest BCUT2D eigenvalue weighted by molar-refractivity contribution is 5.40. The lowest BCUT2D eigenvalue weighted by molar-refractivity contribution is 0.0467. The molecule has 2 aliphatic rings. The van der Waals surface area contributed by atoms with Crippen molar-refractivity contribution in [2.24, 2.45) is 0 Å². The third-order valence-electron chi connectivity index (χ3n) is 4.47. The minimum Gasteiger partial charge on any atom is -0.375 e. The van der Waals surface area contributed by atoms with Gasteiger partial charge >= 0.3 is 0 Å². The van der Waals surface area contributed by atoms with Crippen LogP contribution in [-0.2, 0) is 4.74 Å². The molecule has 0 saturated carbocycles. The predicted octanol–water partition coefficient (Wildman–Crippen LogP) is 1.87. The van der Waals surface area contributed by atoms with Gasteiger partial charge in [-0.15, -0.1) is 0 Å². The zero-order valence-corrected chi connectivity index (χ0v) is 13.0. The summed E-state index contributed by atoms with van der Waals surface area (Å²) in [6, 6.07) is 2.05. The molecule has 0 aliphatic carbocycles. The summed E-state index contributed by atoms with van der Waals surface area (Å²) in [5, 5.41) is 0. The van der Waals surface area contributed by atoms with Gasteiger partial charge in [-0.3, -0.25) is 0 Å². The largest absolute Gasteiger partial charge is 0.375 e. The number of piperidine rings is 1. The zero-order valence-electron chi connectivity index (χ0n) is 13.0. The number of rotatable bonds is 5. The van der Waals surface area contributed by atoms with Crippen LogP contribution < -0.4 is 4.90 Å². The van der Waals surface area contributed by atoms with Crippen molar-refractivity contribution in [2.75, 3.05) is 44.2 Å². The van der Waals surface area contributed by atoms with Gasteiger partial charge in [-0.1, -0.05) is 6.42 Å². The highest BCUT2D eigenvalue weighted by Gasteiger charge is 2.24. The van der Waals surface area contributed by atoms with Gasteiger partial charge in [0.2, 0.25) is 0 Å². The summed E-state index contributed by atoms with van der Waals surface area (Å²) in [6.45, 7) is 8.44.